The predicted octanol–water partition coefficient (Wildman–Crippen LogP) is 3.55. The van der Waals surface area contributed by atoms with E-state index in [9.17, 15) is 0 Å². The first kappa shape index (κ1) is 15.1. The average molecular weight is 291 g/mol. The molecule has 1 aromatic carbocycles. The SMILES string of the molecule is CSc1ccc(-c2noc(C(CN)CC(C)C)n2)cc1. The highest BCUT2D eigenvalue weighted by atomic mass is 32.2. The molecular weight excluding hydrogens is 270 g/mol. The third-order valence-electron chi connectivity index (χ3n) is 3.18. The van der Waals surface area contributed by atoms with Crippen molar-refractivity contribution in [2.75, 3.05) is 12.8 Å². The summed E-state index contributed by atoms with van der Waals surface area (Å²) in [5.41, 5.74) is 6.78. The van der Waals surface area contributed by atoms with Gasteiger partial charge in [0.2, 0.25) is 11.7 Å². The average Bonchev–Trinajstić information content (AvgIpc) is 2.94. The minimum absolute atomic E-state index is 0.140. The van der Waals surface area contributed by atoms with Crippen LogP contribution in [0.15, 0.2) is 33.7 Å². The Hall–Kier alpha value is -1.33. The molecular formula is C15H21N3OS. The van der Waals surface area contributed by atoms with Gasteiger partial charge in [0.15, 0.2) is 0 Å². The molecule has 1 unspecified atom stereocenters. The Bertz CT molecular complexity index is 536. The molecule has 0 saturated carbocycles. The van der Waals surface area contributed by atoms with Crippen molar-refractivity contribution in [1.29, 1.82) is 0 Å². The number of thioether (sulfide) groups is 1. The van der Waals surface area contributed by atoms with Crippen molar-refractivity contribution < 1.29 is 4.52 Å². The van der Waals surface area contributed by atoms with Crippen LogP contribution in [0.5, 0.6) is 0 Å². The van der Waals surface area contributed by atoms with E-state index in [1.54, 1.807) is 11.8 Å². The van der Waals surface area contributed by atoms with Gasteiger partial charge in [0.05, 0.1) is 5.92 Å². The molecule has 0 aliphatic carbocycles. The van der Waals surface area contributed by atoms with Gasteiger partial charge >= 0.3 is 0 Å². The van der Waals surface area contributed by atoms with E-state index in [-0.39, 0.29) is 5.92 Å². The number of nitrogens with two attached hydrogens (primary N) is 1. The van der Waals surface area contributed by atoms with E-state index in [1.165, 1.54) is 4.90 Å². The molecule has 0 saturated heterocycles. The van der Waals surface area contributed by atoms with Gasteiger partial charge in [-0.3, -0.25) is 0 Å². The summed E-state index contributed by atoms with van der Waals surface area (Å²) < 4.78 is 5.38. The molecule has 0 fully saturated rings. The van der Waals surface area contributed by atoms with Gasteiger partial charge in [-0.1, -0.05) is 19.0 Å². The summed E-state index contributed by atoms with van der Waals surface area (Å²) in [6.45, 7) is 4.87. The van der Waals surface area contributed by atoms with E-state index in [4.69, 9.17) is 10.3 Å². The number of rotatable bonds is 6. The van der Waals surface area contributed by atoms with Crippen LogP contribution in [0.3, 0.4) is 0 Å². The van der Waals surface area contributed by atoms with Crippen molar-refractivity contribution in [1.82, 2.24) is 10.1 Å². The molecule has 1 atom stereocenters. The van der Waals surface area contributed by atoms with Crippen LogP contribution in [-0.4, -0.2) is 22.9 Å². The second kappa shape index (κ2) is 6.90. The number of hydrogen-bond donors (Lipinski definition) is 1. The highest BCUT2D eigenvalue weighted by molar-refractivity contribution is 7.98. The summed E-state index contributed by atoms with van der Waals surface area (Å²) in [7, 11) is 0. The largest absolute Gasteiger partial charge is 0.339 e. The molecule has 0 spiro atoms. The Balaban J connectivity index is 2.18. The zero-order valence-electron chi connectivity index (χ0n) is 12.2. The molecule has 2 N–H and O–H groups in total. The van der Waals surface area contributed by atoms with Crippen LogP contribution in [0.25, 0.3) is 11.4 Å². The monoisotopic (exact) mass is 291 g/mol. The topological polar surface area (TPSA) is 64.9 Å². The van der Waals surface area contributed by atoms with E-state index in [1.807, 2.05) is 12.1 Å². The number of hydrogen-bond acceptors (Lipinski definition) is 5. The number of nitrogens with zero attached hydrogens (tertiary/aromatic N) is 2. The van der Waals surface area contributed by atoms with Gasteiger partial charge in [-0.25, -0.2) is 0 Å². The number of aromatic nitrogens is 2. The van der Waals surface area contributed by atoms with Crippen molar-refractivity contribution in [3.05, 3.63) is 30.2 Å². The first-order chi connectivity index (χ1) is 9.63. The fourth-order valence-corrected chi connectivity index (χ4v) is 2.53. The van der Waals surface area contributed by atoms with E-state index in [2.05, 4.69) is 42.4 Å². The van der Waals surface area contributed by atoms with Crippen molar-refractivity contribution in [2.45, 2.75) is 31.1 Å². The third kappa shape index (κ3) is 3.61. The van der Waals surface area contributed by atoms with Crippen LogP contribution in [0, 0.1) is 5.92 Å². The highest BCUT2D eigenvalue weighted by Crippen LogP contribution is 2.25. The Morgan fingerprint density at radius 2 is 1.95 bits per heavy atom. The maximum absolute atomic E-state index is 5.81. The van der Waals surface area contributed by atoms with E-state index < -0.39 is 0 Å². The predicted molar refractivity (Wildman–Crippen MR) is 82.8 cm³/mol. The van der Waals surface area contributed by atoms with Crippen LogP contribution in [-0.2, 0) is 0 Å². The third-order valence-corrected chi connectivity index (χ3v) is 3.92. The van der Waals surface area contributed by atoms with Crippen LogP contribution in [0.4, 0.5) is 0 Å². The summed E-state index contributed by atoms with van der Waals surface area (Å²) in [6.07, 6.45) is 3.02. The molecule has 5 heteroatoms. The van der Waals surface area contributed by atoms with Crippen molar-refractivity contribution in [2.24, 2.45) is 11.7 Å². The van der Waals surface area contributed by atoms with Crippen LogP contribution in [0.2, 0.25) is 0 Å². The number of benzene rings is 1. The molecule has 4 nitrogen and oxygen atoms in total. The molecule has 108 valence electrons. The second-order valence-corrected chi connectivity index (χ2v) is 6.13. The summed E-state index contributed by atoms with van der Waals surface area (Å²) >= 11 is 1.71. The Kier molecular flexibility index (Phi) is 5.20. The molecule has 0 bridgehead atoms. The van der Waals surface area contributed by atoms with Gasteiger partial charge < -0.3 is 10.3 Å². The quantitative estimate of drug-likeness (QED) is 0.825. The van der Waals surface area contributed by atoms with E-state index >= 15 is 0 Å². The van der Waals surface area contributed by atoms with Crippen LogP contribution in [0.1, 0.15) is 32.1 Å². The minimum Gasteiger partial charge on any atom is -0.339 e. The van der Waals surface area contributed by atoms with Crippen molar-refractivity contribution in [3.8, 4) is 11.4 Å². The lowest BCUT2D eigenvalue weighted by molar-refractivity contribution is 0.335. The molecule has 1 aromatic heterocycles. The highest BCUT2D eigenvalue weighted by Gasteiger charge is 2.19. The molecule has 2 aromatic rings. The molecule has 0 amide bonds. The Morgan fingerprint density at radius 3 is 2.50 bits per heavy atom. The van der Waals surface area contributed by atoms with Gasteiger partial charge in [-0.15, -0.1) is 11.8 Å². The summed E-state index contributed by atoms with van der Waals surface area (Å²) in [4.78, 5) is 5.72. The van der Waals surface area contributed by atoms with Crippen molar-refractivity contribution >= 4 is 11.8 Å². The molecule has 20 heavy (non-hydrogen) atoms. The van der Waals surface area contributed by atoms with Gasteiger partial charge in [0, 0.05) is 17.0 Å². The zero-order valence-corrected chi connectivity index (χ0v) is 13.0. The summed E-state index contributed by atoms with van der Waals surface area (Å²) in [5.74, 6) is 1.97. The maximum atomic E-state index is 5.81. The Morgan fingerprint density at radius 1 is 1.25 bits per heavy atom. The van der Waals surface area contributed by atoms with Gasteiger partial charge in [0.25, 0.3) is 0 Å². The Labute approximate surface area is 124 Å². The van der Waals surface area contributed by atoms with E-state index in [0.29, 0.717) is 24.2 Å². The standard InChI is InChI=1S/C15H21N3OS/c1-10(2)8-12(9-16)15-17-14(18-19-15)11-4-6-13(20-3)7-5-11/h4-7,10,12H,8-9,16H2,1-3H3. The summed E-state index contributed by atoms with van der Waals surface area (Å²) in [6, 6.07) is 8.15. The molecule has 2 rings (SSSR count). The fraction of sp³-hybridized carbons (Fsp3) is 0.467. The zero-order chi connectivity index (χ0) is 14.5. The first-order valence-corrected chi connectivity index (χ1v) is 8.04. The molecule has 0 radical (unpaired) electrons. The smallest absolute Gasteiger partial charge is 0.231 e. The van der Waals surface area contributed by atoms with Gasteiger partial charge in [-0.2, -0.15) is 4.98 Å². The lowest BCUT2D eigenvalue weighted by Gasteiger charge is -2.11. The van der Waals surface area contributed by atoms with Crippen LogP contribution < -0.4 is 5.73 Å². The maximum Gasteiger partial charge on any atom is 0.231 e. The minimum atomic E-state index is 0.140. The molecule has 0 aliphatic rings. The first-order valence-electron chi connectivity index (χ1n) is 6.82. The van der Waals surface area contributed by atoms with Gasteiger partial charge in [0.1, 0.15) is 0 Å². The second-order valence-electron chi connectivity index (χ2n) is 5.25. The van der Waals surface area contributed by atoms with Crippen molar-refractivity contribution in [3.63, 3.8) is 0 Å². The molecule has 0 aliphatic heterocycles. The van der Waals surface area contributed by atoms with Gasteiger partial charge in [-0.05, 0) is 42.9 Å². The fourth-order valence-electron chi connectivity index (χ4n) is 2.13. The summed E-state index contributed by atoms with van der Waals surface area (Å²) in [5, 5.41) is 4.07. The lowest BCUT2D eigenvalue weighted by Crippen LogP contribution is -2.15. The van der Waals surface area contributed by atoms with E-state index in [0.717, 1.165) is 12.0 Å². The lowest BCUT2D eigenvalue weighted by atomic mass is 9.97. The molecule has 1 heterocycles. The van der Waals surface area contributed by atoms with Crippen LogP contribution >= 0.6 is 11.8 Å². The normalized spacial score (nSPS) is 12.8.